The van der Waals surface area contributed by atoms with Crippen LogP contribution in [0, 0.1) is 17.2 Å². The molecule has 0 saturated heterocycles. The first-order valence-corrected chi connectivity index (χ1v) is 11.2. The number of allylic oxidation sites excluding steroid dienone is 6. The van der Waals surface area contributed by atoms with Crippen LogP contribution in [0.2, 0.25) is 0 Å². The molecule has 0 aromatic heterocycles. The third kappa shape index (κ3) is 5.12. The molecule has 0 bridgehead atoms. The summed E-state index contributed by atoms with van der Waals surface area (Å²) in [5.41, 5.74) is 2.14. The summed E-state index contributed by atoms with van der Waals surface area (Å²) < 4.78 is 23.1. The van der Waals surface area contributed by atoms with Crippen molar-refractivity contribution in [2.75, 3.05) is 7.11 Å². The Morgan fingerprint density at radius 3 is 2.63 bits per heavy atom. The van der Waals surface area contributed by atoms with Gasteiger partial charge in [0.2, 0.25) is 5.78 Å². The number of fused-ring (bicyclic) bond motifs is 2. The zero-order chi connectivity index (χ0) is 24.9. The van der Waals surface area contributed by atoms with Gasteiger partial charge in [0.15, 0.2) is 11.5 Å². The molecule has 0 radical (unpaired) electrons. The molecular formula is C28H25NO6. The van der Waals surface area contributed by atoms with E-state index in [4.69, 9.17) is 18.9 Å². The highest BCUT2D eigenvalue weighted by Crippen LogP contribution is 2.35. The Morgan fingerprint density at radius 2 is 1.94 bits per heavy atom. The number of carbonyl (C=O) groups is 2. The Balaban J connectivity index is 1.67. The highest BCUT2D eigenvalue weighted by Gasteiger charge is 2.34. The number of carbonyl (C=O) groups excluding carboxylic acids is 2. The number of Topliss-reactive ketones (excluding diaryl/α,β-unsaturated/α-hetero) is 2. The lowest BCUT2D eigenvalue weighted by atomic mass is 9.91. The molecule has 0 saturated carbocycles. The van der Waals surface area contributed by atoms with Crippen molar-refractivity contribution in [3.05, 3.63) is 106 Å². The predicted molar refractivity (Wildman–Crippen MR) is 127 cm³/mol. The number of ether oxygens (including phenoxy) is 4. The van der Waals surface area contributed by atoms with E-state index in [-0.39, 0.29) is 47.4 Å². The smallest absolute Gasteiger partial charge is 0.235 e. The molecule has 178 valence electrons. The van der Waals surface area contributed by atoms with Gasteiger partial charge in [-0.25, -0.2) is 0 Å². The number of hydrogen-bond acceptors (Lipinski definition) is 7. The average Bonchev–Trinajstić information content (AvgIpc) is 2.84. The number of rotatable bonds is 7. The molecule has 2 aliphatic carbocycles. The fraction of sp³-hybridized carbons (Fsp3) is 0.250. The van der Waals surface area contributed by atoms with Crippen LogP contribution in [0.4, 0.5) is 0 Å². The van der Waals surface area contributed by atoms with Crippen LogP contribution in [0.15, 0.2) is 101 Å². The Morgan fingerprint density at radius 1 is 1.17 bits per heavy atom. The summed E-state index contributed by atoms with van der Waals surface area (Å²) >= 11 is 0. The molecule has 1 atom stereocenters. The maximum atomic E-state index is 13.1. The van der Waals surface area contributed by atoms with Crippen molar-refractivity contribution in [3.63, 3.8) is 0 Å². The van der Waals surface area contributed by atoms with Crippen LogP contribution in [0.5, 0.6) is 0 Å². The zero-order valence-electron chi connectivity index (χ0n) is 19.7. The van der Waals surface area contributed by atoms with E-state index in [1.54, 1.807) is 12.2 Å². The SMILES string of the molecule is COC1=C(C(=O)CC(C)C)C=C2OC=C3C(OCc4ccccc4)=CC(C#N)=CC3OC=C2C1=O. The van der Waals surface area contributed by atoms with Crippen molar-refractivity contribution in [2.45, 2.75) is 33.0 Å². The van der Waals surface area contributed by atoms with E-state index < -0.39 is 11.9 Å². The Kier molecular flexibility index (Phi) is 7.02. The van der Waals surface area contributed by atoms with E-state index in [0.717, 1.165) is 5.56 Å². The summed E-state index contributed by atoms with van der Waals surface area (Å²) in [7, 11) is 1.35. The van der Waals surface area contributed by atoms with E-state index in [1.807, 2.05) is 44.2 Å². The lowest BCUT2D eigenvalue weighted by Crippen LogP contribution is -2.25. The van der Waals surface area contributed by atoms with Crippen LogP contribution in [0.1, 0.15) is 25.8 Å². The third-order valence-electron chi connectivity index (χ3n) is 5.55. The summed E-state index contributed by atoms with van der Waals surface area (Å²) in [5, 5.41) is 9.49. The number of nitrogens with zero attached hydrogens (tertiary/aromatic N) is 1. The molecule has 1 aromatic carbocycles. The van der Waals surface area contributed by atoms with Gasteiger partial charge >= 0.3 is 0 Å². The van der Waals surface area contributed by atoms with Crippen molar-refractivity contribution in [1.29, 1.82) is 5.26 Å². The van der Waals surface area contributed by atoms with Gasteiger partial charge in [0.25, 0.3) is 0 Å². The maximum absolute atomic E-state index is 13.1. The summed E-state index contributed by atoms with van der Waals surface area (Å²) in [6.07, 6.45) is 7.01. The fourth-order valence-electron chi connectivity index (χ4n) is 3.83. The second-order valence-corrected chi connectivity index (χ2v) is 8.60. The molecule has 1 unspecified atom stereocenters. The zero-order valence-corrected chi connectivity index (χ0v) is 19.7. The molecule has 1 aromatic rings. The highest BCUT2D eigenvalue weighted by molar-refractivity contribution is 6.17. The van der Waals surface area contributed by atoms with E-state index in [2.05, 4.69) is 6.07 Å². The van der Waals surface area contributed by atoms with Gasteiger partial charge in [-0.2, -0.15) is 5.26 Å². The van der Waals surface area contributed by atoms with Crippen molar-refractivity contribution >= 4 is 11.6 Å². The van der Waals surface area contributed by atoms with Gasteiger partial charge in [0, 0.05) is 6.42 Å². The number of hydrogen-bond donors (Lipinski definition) is 0. The van der Waals surface area contributed by atoms with E-state index in [1.165, 1.54) is 25.7 Å². The second kappa shape index (κ2) is 10.3. The predicted octanol–water partition coefficient (Wildman–Crippen LogP) is 4.72. The molecule has 35 heavy (non-hydrogen) atoms. The van der Waals surface area contributed by atoms with Crippen LogP contribution < -0.4 is 0 Å². The molecule has 4 rings (SSSR count). The van der Waals surface area contributed by atoms with Gasteiger partial charge in [-0.3, -0.25) is 9.59 Å². The lowest BCUT2D eigenvalue weighted by molar-refractivity contribution is -0.119. The van der Waals surface area contributed by atoms with Crippen LogP contribution >= 0.6 is 0 Å². The first kappa shape index (κ1) is 23.8. The van der Waals surface area contributed by atoms with Gasteiger partial charge in [-0.1, -0.05) is 44.2 Å². The lowest BCUT2D eigenvalue weighted by Gasteiger charge is -2.27. The molecule has 0 spiro atoms. The standard InChI is InChI=1S/C28H25NO6/c1-17(2)9-23(30)20-12-26-22(27(31)28(20)32-3)16-35-25-11-19(13-29)10-24(21(25)15-34-26)33-14-18-7-5-4-6-8-18/h4-8,10-12,15-17,25H,9,14H2,1-3H3. The van der Waals surface area contributed by atoms with Crippen molar-refractivity contribution in [2.24, 2.45) is 5.92 Å². The maximum Gasteiger partial charge on any atom is 0.235 e. The number of ketones is 2. The van der Waals surface area contributed by atoms with Crippen molar-refractivity contribution in [1.82, 2.24) is 0 Å². The van der Waals surface area contributed by atoms with Gasteiger partial charge in [-0.15, -0.1) is 0 Å². The van der Waals surface area contributed by atoms with Crippen molar-refractivity contribution in [3.8, 4) is 6.07 Å². The van der Waals surface area contributed by atoms with Crippen LogP contribution in [-0.2, 0) is 35.1 Å². The Bertz CT molecular complexity index is 1270. The summed E-state index contributed by atoms with van der Waals surface area (Å²) in [6.45, 7) is 4.13. The molecule has 1 heterocycles. The van der Waals surface area contributed by atoms with Crippen molar-refractivity contribution < 1.29 is 28.5 Å². The summed E-state index contributed by atoms with van der Waals surface area (Å²) in [6, 6.07) is 11.7. The Hall–Kier alpha value is -4.31. The number of methoxy groups -OCH3 is 1. The number of benzene rings is 1. The van der Waals surface area contributed by atoms with Crippen LogP contribution in [0.25, 0.3) is 0 Å². The van der Waals surface area contributed by atoms with Crippen LogP contribution in [-0.4, -0.2) is 24.8 Å². The molecule has 3 aliphatic rings. The Labute approximate surface area is 203 Å². The molecule has 0 fully saturated rings. The topological polar surface area (TPSA) is 94.9 Å². The molecular weight excluding hydrogens is 446 g/mol. The molecule has 7 heteroatoms. The average molecular weight is 472 g/mol. The van der Waals surface area contributed by atoms with Gasteiger partial charge in [-0.05, 0) is 29.7 Å². The molecule has 7 nitrogen and oxygen atoms in total. The van der Waals surface area contributed by atoms with E-state index in [0.29, 0.717) is 16.9 Å². The minimum atomic E-state index is -0.707. The third-order valence-corrected chi connectivity index (χ3v) is 5.55. The summed E-state index contributed by atoms with van der Waals surface area (Å²) in [4.78, 5) is 25.9. The minimum absolute atomic E-state index is 0.0497. The fourth-order valence-corrected chi connectivity index (χ4v) is 3.83. The monoisotopic (exact) mass is 471 g/mol. The van der Waals surface area contributed by atoms with Crippen LogP contribution in [0.3, 0.4) is 0 Å². The second-order valence-electron chi connectivity index (χ2n) is 8.60. The number of nitriles is 1. The molecule has 0 N–H and O–H groups in total. The first-order valence-electron chi connectivity index (χ1n) is 11.2. The highest BCUT2D eigenvalue weighted by atomic mass is 16.5. The van der Waals surface area contributed by atoms with Gasteiger partial charge in [0.05, 0.1) is 36.2 Å². The minimum Gasteiger partial charge on any atom is -0.492 e. The summed E-state index contributed by atoms with van der Waals surface area (Å²) in [5.74, 6) is -0.0644. The quantitative estimate of drug-likeness (QED) is 0.568. The van der Waals surface area contributed by atoms with E-state index >= 15 is 0 Å². The molecule has 1 aliphatic heterocycles. The largest absolute Gasteiger partial charge is 0.492 e. The molecule has 0 amide bonds. The van der Waals surface area contributed by atoms with Gasteiger partial charge < -0.3 is 18.9 Å². The van der Waals surface area contributed by atoms with E-state index in [9.17, 15) is 14.9 Å². The first-order chi connectivity index (χ1) is 16.9. The normalized spacial score (nSPS) is 19.1. The van der Waals surface area contributed by atoms with Gasteiger partial charge in [0.1, 0.15) is 36.1 Å².